The summed E-state index contributed by atoms with van der Waals surface area (Å²) >= 11 is 3.55. The van der Waals surface area contributed by atoms with E-state index in [0.717, 1.165) is 35.8 Å². The first kappa shape index (κ1) is 11.9. The van der Waals surface area contributed by atoms with Crippen molar-refractivity contribution in [1.29, 1.82) is 0 Å². The second-order valence-electron chi connectivity index (χ2n) is 4.38. The molecule has 88 valence electrons. The molecule has 1 saturated heterocycles. The third-order valence-electron chi connectivity index (χ3n) is 3.09. The van der Waals surface area contributed by atoms with Crippen molar-refractivity contribution >= 4 is 21.7 Å². The van der Waals surface area contributed by atoms with E-state index in [1.165, 1.54) is 12.8 Å². The van der Waals surface area contributed by atoms with Crippen LogP contribution in [-0.4, -0.2) is 31.7 Å². The van der Waals surface area contributed by atoms with Gasteiger partial charge in [-0.25, -0.2) is 4.98 Å². The largest absolute Gasteiger partial charge is 0.358 e. The van der Waals surface area contributed by atoms with Crippen LogP contribution in [0.2, 0.25) is 0 Å². The van der Waals surface area contributed by atoms with E-state index in [-0.39, 0.29) is 0 Å². The van der Waals surface area contributed by atoms with Crippen molar-refractivity contribution in [2.75, 3.05) is 31.6 Å². The summed E-state index contributed by atoms with van der Waals surface area (Å²) in [6.45, 7) is 3.40. The Morgan fingerprint density at radius 2 is 2.25 bits per heavy atom. The number of rotatable bonds is 3. The van der Waals surface area contributed by atoms with Crippen LogP contribution >= 0.6 is 15.9 Å². The Hall–Kier alpha value is -0.610. The zero-order valence-corrected chi connectivity index (χ0v) is 11.2. The van der Waals surface area contributed by atoms with Crippen molar-refractivity contribution in [3.63, 3.8) is 0 Å². The molecule has 16 heavy (non-hydrogen) atoms. The number of pyridine rings is 1. The average Bonchev–Trinajstić information content (AvgIpc) is 2.31. The number of piperidine rings is 1. The molecule has 0 amide bonds. The van der Waals surface area contributed by atoms with Crippen LogP contribution in [0.25, 0.3) is 0 Å². The molecule has 0 aromatic carbocycles. The molecular formula is C12H18BrN3. The van der Waals surface area contributed by atoms with Gasteiger partial charge in [0.05, 0.1) is 4.47 Å². The topological polar surface area (TPSA) is 28.2 Å². The molecule has 1 aliphatic heterocycles. The Kier molecular flexibility index (Phi) is 4.18. The molecule has 2 rings (SSSR count). The van der Waals surface area contributed by atoms with Gasteiger partial charge in [-0.2, -0.15) is 0 Å². The Balaban J connectivity index is 1.96. The maximum absolute atomic E-state index is 4.41. The summed E-state index contributed by atoms with van der Waals surface area (Å²) in [5.74, 6) is 1.83. The third-order valence-corrected chi connectivity index (χ3v) is 3.71. The molecule has 0 radical (unpaired) electrons. The highest BCUT2D eigenvalue weighted by Crippen LogP contribution is 2.23. The van der Waals surface area contributed by atoms with Gasteiger partial charge in [0.25, 0.3) is 0 Å². The summed E-state index contributed by atoms with van der Waals surface area (Å²) in [6.07, 6.45) is 4.39. The first-order chi connectivity index (χ1) is 7.77. The highest BCUT2D eigenvalue weighted by molar-refractivity contribution is 9.10. The Bertz CT molecular complexity index is 337. The fourth-order valence-electron chi connectivity index (χ4n) is 2.20. The second kappa shape index (κ2) is 5.64. The fraction of sp³-hybridized carbons (Fsp3) is 0.583. The number of halogens is 1. The summed E-state index contributed by atoms with van der Waals surface area (Å²) in [6, 6.07) is 3.99. The standard InChI is InChI=1S/C12H18BrN3/c1-16(9-10-4-7-14-8-5-10)12-11(13)3-2-6-15-12/h2-3,6,10,14H,4-5,7-9H2,1H3. The minimum absolute atomic E-state index is 0.792. The number of hydrogen-bond donors (Lipinski definition) is 1. The quantitative estimate of drug-likeness (QED) is 0.923. The van der Waals surface area contributed by atoms with Gasteiger partial charge in [-0.1, -0.05) is 0 Å². The molecule has 0 saturated carbocycles. The van der Waals surface area contributed by atoms with Crippen molar-refractivity contribution < 1.29 is 0 Å². The molecule has 0 bridgehead atoms. The lowest BCUT2D eigenvalue weighted by Gasteiger charge is -2.28. The molecule has 3 nitrogen and oxygen atoms in total. The van der Waals surface area contributed by atoms with Crippen molar-refractivity contribution in [3.8, 4) is 0 Å². The van der Waals surface area contributed by atoms with Gasteiger partial charge in [0.15, 0.2) is 0 Å². The van der Waals surface area contributed by atoms with E-state index >= 15 is 0 Å². The maximum atomic E-state index is 4.41. The third kappa shape index (κ3) is 2.95. The molecule has 1 fully saturated rings. The summed E-state index contributed by atoms with van der Waals surface area (Å²) in [4.78, 5) is 6.66. The predicted octanol–water partition coefficient (Wildman–Crippen LogP) is 2.28. The highest BCUT2D eigenvalue weighted by Gasteiger charge is 2.16. The van der Waals surface area contributed by atoms with E-state index in [9.17, 15) is 0 Å². The fourth-order valence-corrected chi connectivity index (χ4v) is 2.75. The minimum Gasteiger partial charge on any atom is -0.358 e. The molecular weight excluding hydrogens is 266 g/mol. The highest BCUT2D eigenvalue weighted by atomic mass is 79.9. The lowest BCUT2D eigenvalue weighted by Crippen LogP contribution is -2.34. The van der Waals surface area contributed by atoms with Crippen LogP contribution in [0.15, 0.2) is 22.8 Å². The molecule has 1 aliphatic rings. The smallest absolute Gasteiger partial charge is 0.142 e. The van der Waals surface area contributed by atoms with Gasteiger partial charge in [-0.05, 0) is 59.9 Å². The molecule has 0 atom stereocenters. The zero-order chi connectivity index (χ0) is 11.4. The number of hydrogen-bond acceptors (Lipinski definition) is 3. The van der Waals surface area contributed by atoms with Gasteiger partial charge < -0.3 is 10.2 Å². The van der Waals surface area contributed by atoms with Crippen LogP contribution in [0.3, 0.4) is 0 Å². The molecule has 1 aromatic heterocycles. The summed E-state index contributed by atoms with van der Waals surface area (Å²) < 4.78 is 1.08. The number of aromatic nitrogens is 1. The van der Waals surface area contributed by atoms with E-state index in [1.54, 1.807) is 0 Å². The Morgan fingerprint density at radius 1 is 1.50 bits per heavy atom. The van der Waals surface area contributed by atoms with Gasteiger partial charge in [0.2, 0.25) is 0 Å². The van der Waals surface area contributed by atoms with Gasteiger partial charge in [-0.3, -0.25) is 0 Å². The number of anilines is 1. The molecule has 1 N–H and O–H groups in total. The molecule has 0 spiro atoms. The van der Waals surface area contributed by atoms with E-state index < -0.39 is 0 Å². The van der Waals surface area contributed by atoms with Gasteiger partial charge >= 0.3 is 0 Å². The zero-order valence-electron chi connectivity index (χ0n) is 9.62. The van der Waals surface area contributed by atoms with Crippen LogP contribution in [0.4, 0.5) is 5.82 Å². The maximum Gasteiger partial charge on any atom is 0.142 e. The predicted molar refractivity (Wildman–Crippen MR) is 70.8 cm³/mol. The van der Waals surface area contributed by atoms with Crippen molar-refractivity contribution in [2.45, 2.75) is 12.8 Å². The van der Waals surface area contributed by atoms with Crippen molar-refractivity contribution in [2.24, 2.45) is 5.92 Å². The average molecular weight is 284 g/mol. The van der Waals surface area contributed by atoms with Crippen molar-refractivity contribution in [3.05, 3.63) is 22.8 Å². The van der Waals surface area contributed by atoms with Crippen LogP contribution < -0.4 is 10.2 Å². The van der Waals surface area contributed by atoms with Crippen LogP contribution in [0.1, 0.15) is 12.8 Å². The molecule has 1 aromatic rings. The molecule has 0 unspecified atom stereocenters. The monoisotopic (exact) mass is 283 g/mol. The molecule has 0 aliphatic carbocycles. The lowest BCUT2D eigenvalue weighted by atomic mass is 9.98. The van der Waals surface area contributed by atoms with E-state index in [4.69, 9.17) is 0 Å². The Labute approximate surface area is 105 Å². The van der Waals surface area contributed by atoms with E-state index in [1.807, 2.05) is 18.3 Å². The Morgan fingerprint density at radius 3 is 2.94 bits per heavy atom. The lowest BCUT2D eigenvalue weighted by molar-refractivity contribution is 0.377. The summed E-state index contributed by atoms with van der Waals surface area (Å²) in [7, 11) is 2.12. The SMILES string of the molecule is CN(CC1CCNCC1)c1ncccc1Br. The van der Waals surface area contributed by atoms with Crippen molar-refractivity contribution in [1.82, 2.24) is 10.3 Å². The summed E-state index contributed by atoms with van der Waals surface area (Å²) in [5.41, 5.74) is 0. The van der Waals surface area contributed by atoms with Crippen LogP contribution in [-0.2, 0) is 0 Å². The summed E-state index contributed by atoms with van der Waals surface area (Å²) in [5, 5.41) is 3.40. The van der Waals surface area contributed by atoms with Crippen LogP contribution in [0.5, 0.6) is 0 Å². The molecule has 2 heterocycles. The first-order valence-corrected chi connectivity index (χ1v) is 6.59. The first-order valence-electron chi connectivity index (χ1n) is 5.80. The second-order valence-corrected chi connectivity index (χ2v) is 5.24. The molecule has 4 heteroatoms. The van der Waals surface area contributed by atoms with Gasteiger partial charge in [0, 0.05) is 19.8 Å². The number of nitrogens with zero attached hydrogens (tertiary/aromatic N) is 2. The van der Waals surface area contributed by atoms with Crippen LogP contribution in [0, 0.1) is 5.92 Å². The van der Waals surface area contributed by atoms with E-state index in [0.29, 0.717) is 0 Å². The number of nitrogens with one attached hydrogen (secondary N) is 1. The minimum atomic E-state index is 0.792. The normalized spacial score (nSPS) is 17.4. The van der Waals surface area contributed by atoms with E-state index in [2.05, 4.69) is 38.2 Å². The van der Waals surface area contributed by atoms with Gasteiger partial charge in [0.1, 0.15) is 5.82 Å². The van der Waals surface area contributed by atoms with Gasteiger partial charge in [-0.15, -0.1) is 0 Å².